The first-order valence-electron chi connectivity index (χ1n) is 11.8. The molecule has 196 valence electrons. The molecule has 2 unspecified atom stereocenters. The summed E-state index contributed by atoms with van der Waals surface area (Å²) in [5.41, 5.74) is 8.99. The Morgan fingerprint density at radius 2 is 1.78 bits per heavy atom. The van der Waals surface area contributed by atoms with E-state index in [4.69, 9.17) is 19.4 Å². The maximum atomic E-state index is 13.1. The van der Waals surface area contributed by atoms with Gasteiger partial charge in [0.1, 0.15) is 11.0 Å². The molecule has 0 fully saturated rings. The van der Waals surface area contributed by atoms with Gasteiger partial charge in [0.25, 0.3) is 0 Å². The van der Waals surface area contributed by atoms with E-state index in [1.54, 1.807) is 24.3 Å². The molecule has 0 aromatic heterocycles. The molecule has 0 heterocycles. The number of aryl methyl sites for hydroxylation is 2. The first-order valence-corrected chi connectivity index (χ1v) is 13.2. The van der Waals surface area contributed by atoms with Crippen LogP contribution in [0.15, 0.2) is 53.0 Å². The Bertz CT molecular complexity index is 1410. The zero-order valence-corrected chi connectivity index (χ0v) is 21.6. The van der Waals surface area contributed by atoms with Crippen molar-refractivity contribution in [2.45, 2.75) is 43.6 Å². The maximum absolute atomic E-state index is 13.1. The van der Waals surface area contributed by atoms with Crippen LogP contribution in [0.2, 0.25) is 0 Å². The third-order valence-electron chi connectivity index (χ3n) is 6.67. The van der Waals surface area contributed by atoms with Crippen molar-refractivity contribution >= 4 is 27.4 Å². The van der Waals surface area contributed by atoms with Gasteiger partial charge in [-0.15, -0.1) is 0 Å². The second-order valence-corrected chi connectivity index (χ2v) is 10.7. The van der Waals surface area contributed by atoms with Gasteiger partial charge in [-0.05, 0) is 61.1 Å². The number of nitrogens with two attached hydrogens (primary N) is 1. The number of hydrogen-bond acceptors (Lipinski definition) is 8. The molecule has 2 atom stereocenters. The minimum Gasteiger partial charge on any atom is -0.492 e. The van der Waals surface area contributed by atoms with Crippen molar-refractivity contribution in [2.75, 3.05) is 14.2 Å². The molecule has 1 amide bonds. The molecule has 2 aromatic rings. The predicted octanol–water partition coefficient (Wildman–Crippen LogP) is 2.86. The van der Waals surface area contributed by atoms with E-state index in [-0.39, 0.29) is 40.9 Å². The van der Waals surface area contributed by atoms with Gasteiger partial charge in [0.15, 0.2) is 17.3 Å². The molecular formula is C27H29NO8S. The third kappa shape index (κ3) is 5.26. The Morgan fingerprint density at radius 3 is 2.41 bits per heavy atom. The zero-order valence-electron chi connectivity index (χ0n) is 20.8. The van der Waals surface area contributed by atoms with Crippen molar-refractivity contribution in [2.24, 2.45) is 11.7 Å². The SMILES string of the molecule is COc1c(OS(=O)(=O)c2ccc(C)cc2)cc2c(c1OC)C1=C(CC(O)C(=O)C=C1)C(CC(N)=O)CC2. The lowest BCUT2D eigenvalue weighted by Gasteiger charge is -2.22. The highest BCUT2D eigenvalue weighted by molar-refractivity contribution is 7.87. The highest BCUT2D eigenvalue weighted by Crippen LogP contribution is 2.50. The average molecular weight is 528 g/mol. The van der Waals surface area contributed by atoms with Gasteiger partial charge in [-0.2, -0.15) is 8.42 Å². The second-order valence-electron chi connectivity index (χ2n) is 9.13. The number of fused-ring (bicyclic) bond motifs is 2. The van der Waals surface area contributed by atoms with E-state index in [1.807, 2.05) is 6.92 Å². The summed E-state index contributed by atoms with van der Waals surface area (Å²) in [6.45, 7) is 1.85. The number of aliphatic hydroxyl groups is 1. The van der Waals surface area contributed by atoms with Crippen LogP contribution in [-0.4, -0.2) is 45.5 Å². The summed E-state index contributed by atoms with van der Waals surface area (Å²) >= 11 is 0. The Kier molecular flexibility index (Phi) is 7.42. The van der Waals surface area contributed by atoms with Crippen LogP contribution >= 0.6 is 0 Å². The standard InChI is InChI=1S/C27H29NO8S/c1-15-4-8-18(9-5-15)37(32,33)36-23-12-17-7-6-16(13-24(28)31)20-14-22(30)21(29)11-10-19(20)25(17)27(35-3)26(23)34-2/h4-5,8-12,16,22,30H,6-7,13-14H2,1-3H3,(H2,28,31). The highest BCUT2D eigenvalue weighted by Gasteiger charge is 2.34. The number of amides is 1. The summed E-state index contributed by atoms with van der Waals surface area (Å²) < 4.78 is 43.0. The lowest BCUT2D eigenvalue weighted by molar-refractivity contribution is -0.122. The van der Waals surface area contributed by atoms with Gasteiger partial charge in [0, 0.05) is 18.4 Å². The number of ketones is 1. The molecule has 0 saturated heterocycles. The number of carbonyl (C=O) groups excluding carboxylic acids is 2. The molecule has 10 heteroatoms. The number of allylic oxidation sites excluding steroid dienone is 2. The minimum atomic E-state index is -4.19. The van der Waals surface area contributed by atoms with Gasteiger partial charge < -0.3 is 24.5 Å². The lowest BCUT2D eigenvalue weighted by Crippen LogP contribution is -2.23. The topological polar surface area (TPSA) is 142 Å². The van der Waals surface area contributed by atoms with Crippen LogP contribution in [0.25, 0.3) is 5.57 Å². The Morgan fingerprint density at radius 1 is 1.11 bits per heavy atom. The van der Waals surface area contributed by atoms with Gasteiger partial charge >= 0.3 is 10.1 Å². The number of ether oxygens (including phenoxy) is 2. The number of primary amides is 1. The molecule has 4 rings (SSSR count). The monoisotopic (exact) mass is 527 g/mol. The van der Waals surface area contributed by atoms with E-state index in [0.717, 1.165) is 5.56 Å². The Hall–Kier alpha value is -3.63. The normalized spacial score (nSPS) is 19.4. The fourth-order valence-electron chi connectivity index (χ4n) is 4.89. The average Bonchev–Trinajstić information content (AvgIpc) is 3.07. The van der Waals surface area contributed by atoms with Gasteiger partial charge in [0.05, 0.1) is 14.2 Å². The molecular weight excluding hydrogens is 498 g/mol. The van der Waals surface area contributed by atoms with E-state index >= 15 is 0 Å². The van der Waals surface area contributed by atoms with Gasteiger partial charge in [-0.1, -0.05) is 29.3 Å². The van der Waals surface area contributed by atoms with Crippen molar-refractivity contribution in [1.82, 2.24) is 0 Å². The number of benzene rings is 2. The molecule has 2 aliphatic carbocycles. The summed E-state index contributed by atoms with van der Waals surface area (Å²) in [7, 11) is -1.41. The molecule has 2 aromatic carbocycles. The fourth-order valence-corrected chi connectivity index (χ4v) is 5.81. The molecule has 2 aliphatic rings. The van der Waals surface area contributed by atoms with Crippen LogP contribution in [-0.2, 0) is 26.1 Å². The van der Waals surface area contributed by atoms with Crippen molar-refractivity contribution in [3.8, 4) is 17.2 Å². The van der Waals surface area contributed by atoms with E-state index in [2.05, 4.69) is 0 Å². The van der Waals surface area contributed by atoms with Crippen LogP contribution in [0.1, 0.15) is 36.0 Å². The summed E-state index contributed by atoms with van der Waals surface area (Å²) in [5, 5.41) is 10.4. The van der Waals surface area contributed by atoms with E-state index in [9.17, 15) is 23.1 Å². The Labute approximate surface area is 215 Å². The summed E-state index contributed by atoms with van der Waals surface area (Å²) in [4.78, 5) is 24.2. The lowest BCUT2D eigenvalue weighted by atomic mass is 9.85. The number of aliphatic hydroxyl groups excluding tert-OH is 1. The number of hydrogen-bond donors (Lipinski definition) is 2. The van der Waals surface area contributed by atoms with Crippen LogP contribution in [0.3, 0.4) is 0 Å². The van der Waals surface area contributed by atoms with Crippen LogP contribution in [0, 0.1) is 12.8 Å². The second kappa shape index (κ2) is 10.4. The summed E-state index contributed by atoms with van der Waals surface area (Å²) in [6, 6.07) is 7.85. The first-order chi connectivity index (χ1) is 17.6. The van der Waals surface area contributed by atoms with E-state index < -0.39 is 27.9 Å². The van der Waals surface area contributed by atoms with Crippen molar-refractivity contribution in [3.63, 3.8) is 0 Å². The molecule has 37 heavy (non-hydrogen) atoms. The first kappa shape index (κ1) is 26.4. The van der Waals surface area contributed by atoms with E-state index in [1.165, 1.54) is 32.4 Å². The van der Waals surface area contributed by atoms with Crippen LogP contribution in [0.4, 0.5) is 0 Å². The quantitative estimate of drug-likeness (QED) is 0.524. The largest absolute Gasteiger partial charge is 0.492 e. The summed E-state index contributed by atoms with van der Waals surface area (Å²) in [5.74, 6) is -1.07. The number of rotatable bonds is 7. The van der Waals surface area contributed by atoms with Crippen LogP contribution in [0.5, 0.6) is 17.2 Å². The van der Waals surface area contributed by atoms with Gasteiger partial charge in [-0.3, -0.25) is 9.59 Å². The maximum Gasteiger partial charge on any atom is 0.339 e. The molecule has 9 nitrogen and oxygen atoms in total. The molecule has 0 radical (unpaired) electrons. The third-order valence-corrected chi connectivity index (χ3v) is 7.92. The molecule has 0 bridgehead atoms. The van der Waals surface area contributed by atoms with E-state index in [0.29, 0.717) is 35.1 Å². The zero-order chi connectivity index (χ0) is 26.9. The fraction of sp³-hybridized carbons (Fsp3) is 0.333. The summed E-state index contributed by atoms with van der Waals surface area (Å²) in [6.07, 6.45) is 2.61. The predicted molar refractivity (Wildman–Crippen MR) is 136 cm³/mol. The minimum absolute atomic E-state index is 0.0141. The van der Waals surface area contributed by atoms with Gasteiger partial charge in [-0.25, -0.2) is 0 Å². The van der Waals surface area contributed by atoms with Gasteiger partial charge in [0.2, 0.25) is 11.7 Å². The van der Waals surface area contributed by atoms with Crippen LogP contribution < -0.4 is 19.4 Å². The van der Waals surface area contributed by atoms with Crippen molar-refractivity contribution in [3.05, 3.63) is 64.7 Å². The van der Waals surface area contributed by atoms with Crippen molar-refractivity contribution < 1.29 is 36.8 Å². The van der Waals surface area contributed by atoms with Crippen molar-refractivity contribution in [1.29, 1.82) is 0 Å². The molecule has 0 saturated carbocycles. The number of methoxy groups -OCH3 is 2. The number of carbonyl (C=O) groups is 2. The molecule has 0 aliphatic heterocycles. The molecule has 0 spiro atoms. The highest BCUT2D eigenvalue weighted by atomic mass is 32.2. The Balaban J connectivity index is 1.91. The smallest absolute Gasteiger partial charge is 0.339 e. The molecule has 3 N–H and O–H groups in total.